The molecule has 0 spiro atoms. The van der Waals surface area contributed by atoms with Crippen LogP contribution in [0.1, 0.15) is 20.8 Å². The van der Waals surface area contributed by atoms with Gasteiger partial charge in [0.25, 0.3) is 0 Å². The van der Waals surface area contributed by atoms with E-state index in [1.54, 1.807) is 17.4 Å². The zero-order valence-electron chi connectivity index (χ0n) is 11.4. The summed E-state index contributed by atoms with van der Waals surface area (Å²) in [4.78, 5) is 14.7. The highest BCUT2D eigenvalue weighted by Crippen LogP contribution is 2.15. The summed E-state index contributed by atoms with van der Waals surface area (Å²) in [5.41, 5.74) is 0.798. The smallest absolute Gasteiger partial charge is 0.340 e. The molecule has 3 nitrogen and oxygen atoms in total. The van der Waals surface area contributed by atoms with Crippen LogP contribution in [0.4, 0.5) is 4.39 Å². The first kappa shape index (κ1) is 14.7. The topological polar surface area (TPSA) is 29.5 Å². The molecule has 0 fully saturated rings. The first-order valence-corrected chi connectivity index (χ1v) is 7.06. The predicted molar refractivity (Wildman–Crippen MR) is 77.2 cm³/mol. The van der Waals surface area contributed by atoms with Crippen LogP contribution in [0.25, 0.3) is 0 Å². The van der Waals surface area contributed by atoms with Gasteiger partial charge in [-0.25, -0.2) is 9.18 Å². The van der Waals surface area contributed by atoms with Crippen molar-refractivity contribution in [3.05, 3.63) is 57.5 Å². The molecule has 0 aliphatic heterocycles. The number of rotatable bonds is 5. The molecule has 0 atom stereocenters. The van der Waals surface area contributed by atoms with E-state index in [-0.39, 0.29) is 5.56 Å². The average molecular weight is 293 g/mol. The highest BCUT2D eigenvalue weighted by atomic mass is 32.1. The van der Waals surface area contributed by atoms with Crippen LogP contribution in [-0.4, -0.2) is 25.0 Å². The van der Waals surface area contributed by atoms with E-state index in [1.165, 1.54) is 24.1 Å². The Balaban J connectivity index is 2.03. The number of esters is 1. The Labute approximate surface area is 121 Å². The Bertz CT molecular complexity index is 584. The van der Waals surface area contributed by atoms with Gasteiger partial charge in [0.2, 0.25) is 0 Å². The summed E-state index contributed by atoms with van der Waals surface area (Å²) in [5.74, 6) is -1.19. The number of hydrogen-bond acceptors (Lipinski definition) is 4. The van der Waals surface area contributed by atoms with E-state index in [4.69, 9.17) is 0 Å². The number of halogens is 1. The van der Waals surface area contributed by atoms with Gasteiger partial charge < -0.3 is 4.74 Å². The maximum atomic E-state index is 13.8. The van der Waals surface area contributed by atoms with Gasteiger partial charge in [-0.3, -0.25) is 4.90 Å². The second kappa shape index (κ2) is 6.63. The van der Waals surface area contributed by atoms with E-state index in [2.05, 4.69) is 15.7 Å². The van der Waals surface area contributed by atoms with Crippen LogP contribution in [0.2, 0.25) is 0 Å². The molecule has 106 valence electrons. The molecule has 1 heterocycles. The van der Waals surface area contributed by atoms with Gasteiger partial charge in [0.05, 0.1) is 12.7 Å². The lowest BCUT2D eigenvalue weighted by molar-refractivity contribution is 0.0595. The minimum atomic E-state index is -0.652. The van der Waals surface area contributed by atoms with E-state index in [9.17, 15) is 9.18 Å². The van der Waals surface area contributed by atoms with Crippen molar-refractivity contribution in [1.82, 2.24) is 4.90 Å². The third kappa shape index (κ3) is 3.65. The number of hydrogen-bond donors (Lipinski definition) is 0. The molecule has 0 saturated carbocycles. The molecule has 0 aliphatic carbocycles. The normalized spacial score (nSPS) is 10.8. The Kier molecular flexibility index (Phi) is 4.87. The number of ether oxygens (including phenoxy) is 1. The summed E-state index contributed by atoms with van der Waals surface area (Å²) in [6.07, 6.45) is 0. The lowest BCUT2D eigenvalue weighted by atomic mass is 10.1. The fourth-order valence-electron chi connectivity index (χ4n) is 1.97. The van der Waals surface area contributed by atoms with Crippen molar-refractivity contribution in [1.29, 1.82) is 0 Å². The minimum absolute atomic E-state index is 0.0304. The zero-order chi connectivity index (χ0) is 14.5. The quantitative estimate of drug-likeness (QED) is 0.792. The van der Waals surface area contributed by atoms with E-state index in [1.807, 2.05) is 18.5 Å². The molecule has 0 saturated heterocycles. The molecule has 0 bridgehead atoms. The Hall–Kier alpha value is -1.72. The van der Waals surface area contributed by atoms with E-state index in [0.717, 1.165) is 12.1 Å². The van der Waals surface area contributed by atoms with Crippen LogP contribution in [0.3, 0.4) is 0 Å². The van der Waals surface area contributed by atoms with Crippen molar-refractivity contribution in [3.63, 3.8) is 0 Å². The fourth-order valence-corrected chi connectivity index (χ4v) is 2.75. The Morgan fingerprint density at radius 1 is 1.35 bits per heavy atom. The lowest BCUT2D eigenvalue weighted by Crippen LogP contribution is -2.17. The van der Waals surface area contributed by atoms with Gasteiger partial charge in [-0.2, -0.15) is 0 Å². The summed E-state index contributed by atoms with van der Waals surface area (Å²) in [5, 5.41) is 2.04. The summed E-state index contributed by atoms with van der Waals surface area (Å²) in [6.45, 7) is 1.44. The van der Waals surface area contributed by atoms with Crippen molar-refractivity contribution in [2.45, 2.75) is 13.1 Å². The molecule has 1 aromatic heterocycles. The molecule has 0 amide bonds. The number of nitrogens with zero attached hydrogens (tertiary/aromatic N) is 1. The van der Waals surface area contributed by atoms with Crippen LogP contribution < -0.4 is 0 Å². The summed E-state index contributed by atoms with van der Waals surface area (Å²) < 4.78 is 18.3. The standard InChI is InChI=1S/C15H16FNO2S/c1-17(10-12-4-3-7-20-12)9-11-5-6-13(14(16)8-11)15(18)19-2/h3-8H,9-10H2,1-2H3. The summed E-state index contributed by atoms with van der Waals surface area (Å²) in [7, 11) is 3.22. The van der Waals surface area contributed by atoms with Gasteiger partial charge in [0, 0.05) is 18.0 Å². The van der Waals surface area contributed by atoms with Crippen molar-refractivity contribution < 1.29 is 13.9 Å². The Morgan fingerprint density at radius 3 is 2.75 bits per heavy atom. The first-order chi connectivity index (χ1) is 9.60. The number of carbonyl (C=O) groups excluding carboxylic acids is 1. The van der Waals surface area contributed by atoms with E-state index < -0.39 is 11.8 Å². The highest BCUT2D eigenvalue weighted by molar-refractivity contribution is 7.09. The van der Waals surface area contributed by atoms with Gasteiger partial charge in [-0.05, 0) is 36.2 Å². The number of thiophene rings is 1. The van der Waals surface area contributed by atoms with Gasteiger partial charge in [0.1, 0.15) is 5.82 Å². The summed E-state index contributed by atoms with van der Waals surface area (Å²) >= 11 is 1.70. The zero-order valence-corrected chi connectivity index (χ0v) is 12.2. The van der Waals surface area contributed by atoms with Gasteiger partial charge in [-0.1, -0.05) is 12.1 Å². The second-order valence-electron chi connectivity index (χ2n) is 4.56. The first-order valence-electron chi connectivity index (χ1n) is 6.18. The molecule has 0 radical (unpaired) electrons. The van der Waals surface area contributed by atoms with Crippen molar-refractivity contribution >= 4 is 17.3 Å². The number of benzene rings is 1. The average Bonchev–Trinajstić information content (AvgIpc) is 2.90. The maximum Gasteiger partial charge on any atom is 0.340 e. The third-order valence-electron chi connectivity index (χ3n) is 2.90. The van der Waals surface area contributed by atoms with Gasteiger partial charge >= 0.3 is 5.97 Å². The maximum absolute atomic E-state index is 13.8. The molecule has 2 rings (SSSR count). The fraction of sp³-hybridized carbons (Fsp3) is 0.267. The molecule has 1 aromatic carbocycles. The van der Waals surface area contributed by atoms with Crippen LogP contribution in [0, 0.1) is 5.82 Å². The molecule has 0 aliphatic rings. The van der Waals surface area contributed by atoms with Crippen LogP contribution in [0.5, 0.6) is 0 Å². The van der Waals surface area contributed by atoms with Gasteiger partial charge in [0.15, 0.2) is 0 Å². The van der Waals surface area contributed by atoms with Crippen LogP contribution >= 0.6 is 11.3 Å². The Morgan fingerprint density at radius 2 is 2.15 bits per heavy atom. The SMILES string of the molecule is COC(=O)c1ccc(CN(C)Cc2cccs2)cc1F. The molecular formula is C15H16FNO2S. The molecular weight excluding hydrogens is 277 g/mol. The molecule has 2 aromatic rings. The molecule has 0 unspecified atom stereocenters. The third-order valence-corrected chi connectivity index (χ3v) is 3.76. The van der Waals surface area contributed by atoms with E-state index >= 15 is 0 Å². The highest BCUT2D eigenvalue weighted by Gasteiger charge is 2.13. The summed E-state index contributed by atoms with van der Waals surface area (Å²) in [6, 6.07) is 8.69. The number of carbonyl (C=O) groups is 1. The van der Waals surface area contributed by atoms with Gasteiger partial charge in [-0.15, -0.1) is 11.3 Å². The van der Waals surface area contributed by atoms with Crippen molar-refractivity contribution in [2.75, 3.05) is 14.2 Å². The van der Waals surface area contributed by atoms with Crippen molar-refractivity contribution in [3.8, 4) is 0 Å². The molecule has 0 N–H and O–H groups in total. The molecule has 20 heavy (non-hydrogen) atoms. The predicted octanol–water partition coefficient (Wildman–Crippen LogP) is 3.31. The van der Waals surface area contributed by atoms with Crippen molar-refractivity contribution in [2.24, 2.45) is 0 Å². The monoisotopic (exact) mass is 293 g/mol. The van der Waals surface area contributed by atoms with E-state index in [0.29, 0.717) is 6.54 Å². The lowest BCUT2D eigenvalue weighted by Gasteiger charge is -2.16. The van der Waals surface area contributed by atoms with Crippen LogP contribution in [0.15, 0.2) is 35.7 Å². The molecule has 5 heteroatoms. The largest absolute Gasteiger partial charge is 0.465 e. The number of methoxy groups -OCH3 is 1. The van der Waals surface area contributed by atoms with Crippen LogP contribution in [-0.2, 0) is 17.8 Å². The second-order valence-corrected chi connectivity index (χ2v) is 5.59. The minimum Gasteiger partial charge on any atom is -0.465 e.